The smallest absolute Gasteiger partial charge is 0.374 e. The number of hydrogen-bond donors (Lipinski definition) is 1. The molecule has 0 spiro atoms. The maximum atomic E-state index is 11.0. The molecule has 6 nitrogen and oxygen atoms in total. The van der Waals surface area contributed by atoms with Gasteiger partial charge in [-0.15, -0.1) is 0 Å². The molecule has 1 aromatic heterocycles. The summed E-state index contributed by atoms with van der Waals surface area (Å²) < 4.78 is 10.3. The summed E-state index contributed by atoms with van der Waals surface area (Å²) in [5, 5.41) is 9.54. The molecule has 7 heteroatoms. The van der Waals surface area contributed by atoms with Crippen molar-refractivity contribution < 1.29 is 19.4 Å². The van der Waals surface area contributed by atoms with Gasteiger partial charge < -0.3 is 14.6 Å². The van der Waals surface area contributed by atoms with Crippen LogP contribution in [0.15, 0.2) is 18.2 Å². The van der Waals surface area contributed by atoms with E-state index in [1.807, 2.05) is 6.07 Å². The lowest BCUT2D eigenvalue weighted by Crippen LogP contribution is -2.10. The van der Waals surface area contributed by atoms with Crippen LogP contribution in [0, 0.1) is 6.92 Å². The van der Waals surface area contributed by atoms with Gasteiger partial charge in [0.05, 0.1) is 14.2 Å². The number of carbonyl (C=O) groups is 1. The van der Waals surface area contributed by atoms with Crippen LogP contribution < -0.4 is 9.47 Å². The third kappa shape index (κ3) is 3.28. The van der Waals surface area contributed by atoms with Crippen LogP contribution >= 0.6 is 11.6 Å². The normalized spacial score (nSPS) is 10.4. The summed E-state index contributed by atoms with van der Waals surface area (Å²) in [5.74, 6) is -0.596. The first-order valence-corrected chi connectivity index (χ1v) is 6.81. The van der Waals surface area contributed by atoms with Crippen molar-refractivity contribution >= 4 is 17.6 Å². The molecule has 0 radical (unpaired) electrons. The standard InChI is InChI=1S/C15H15ClN2O4/c1-8-11(14(22-3)18-13(17-8)15(19)20)6-9-4-5-10(21-2)7-12(9)16/h4-5,7H,6H2,1-3H3,(H,19,20). The van der Waals surface area contributed by atoms with Crippen LogP contribution in [0.4, 0.5) is 0 Å². The maximum absolute atomic E-state index is 11.0. The molecule has 1 aromatic carbocycles. The van der Waals surface area contributed by atoms with Gasteiger partial charge in [0.15, 0.2) is 0 Å². The van der Waals surface area contributed by atoms with Crippen molar-refractivity contribution in [1.29, 1.82) is 0 Å². The van der Waals surface area contributed by atoms with Crippen molar-refractivity contribution in [1.82, 2.24) is 9.97 Å². The second-order valence-corrected chi connectivity index (χ2v) is 4.97. The molecule has 22 heavy (non-hydrogen) atoms. The zero-order valence-corrected chi connectivity index (χ0v) is 13.1. The lowest BCUT2D eigenvalue weighted by Gasteiger charge is -2.12. The van der Waals surface area contributed by atoms with Gasteiger partial charge in [-0.05, 0) is 24.6 Å². The molecule has 0 unspecified atom stereocenters. The lowest BCUT2D eigenvalue weighted by atomic mass is 10.0. The minimum Gasteiger partial charge on any atom is -0.497 e. The van der Waals surface area contributed by atoms with Crippen LogP contribution in [0.5, 0.6) is 11.6 Å². The Morgan fingerprint density at radius 3 is 2.55 bits per heavy atom. The molecule has 2 aromatic rings. The second-order valence-electron chi connectivity index (χ2n) is 4.56. The minimum absolute atomic E-state index is 0.233. The van der Waals surface area contributed by atoms with Gasteiger partial charge in [-0.25, -0.2) is 9.78 Å². The predicted octanol–water partition coefficient (Wildman–Crippen LogP) is 2.74. The SMILES string of the molecule is COc1ccc(Cc2c(C)nc(C(=O)O)nc2OC)c(Cl)c1. The molecular weight excluding hydrogens is 308 g/mol. The van der Waals surface area contributed by atoms with Crippen molar-refractivity contribution in [3.05, 3.63) is 45.9 Å². The molecule has 0 aliphatic rings. The number of nitrogens with zero attached hydrogens (tertiary/aromatic N) is 2. The van der Waals surface area contributed by atoms with E-state index < -0.39 is 5.97 Å². The predicted molar refractivity (Wildman–Crippen MR) is 81.1 cm³/mol. The summed E-state index contributed by atoms with van der Waals surface area (Å²) in [6.07, 6.45) is 0.428. The van der Waals surface area contributed by atoms with E-state index in [0.717, 1.165) is 5.56 Å². The molecule has 1 N–H and O–H groups in total. The van der Waals surface area contributed by atoms with Gasteiger partial charge in [-0.1, -0.05) is 17.7 Å². The summed E-state index contributed by atoms with van der Waals surface area (Å²) >= 11 is 6.23. The number of carboxylic acids is 1. The monoisotopic (exact) mass is 322 g/mol. The summed E-state index contributed by atoms with van der Waals surface area (Å²) in [6.45, 7) is 1.71. The number of benzene rings is 1. The van der Waals surface area contributed by atoms with E-state index in [-0.39, 0.29) is 11.7 Å². The zero-order valence-electron chi connectivity index (χ0n) is 12.4. The Morgan fingerprint density at radius 2 is 2.00 bits per heavy atom. The number of rotatable bonds is 5. The topological polar surface area (TPSA) is 81.5 Å². The lowest BCUT2D eigenvalue weighted by molar-refractivity contribution is 0.0682. The van der Waals surface area contributed by atoms with Crippen LogP contribution in [0.2, 0.25) is 5.02 Å². The van der Waals surface area contributed by atoms with Gasteiger partial charge in [0, 0.05) is 22.7 Å². The number of carboxylic acid groups (broad SMARTS) is 1. The largest absolute Gasteiger partial charge is 0.497 e. The highest BCUT2D eigenvalue weighted by atomic mass is 35.5. The van der Waals surface area contributed by atoms with E-state index in [0.29, 0.717) is 28.5 Å². The Bertz CT molecular complexity index is 719. The highest BCUT2D eigenvalue weighted by Crippen LogP contribution is 2.28. The fourth-order valence-electron chi connectivity index (χ4n) is 2.03. The number of hydrogen-bond acceptors (Lipinski definition) is 5. The van der Waals surface area contributed by atoms with Crippen molar-refractivity contribution in [3.8, 4) is 11.6 Å². The molecule has 0 amide bonds. The van der Waals surface area contributed by atoms with Crippen LogP contribution in [0.3, 0.4) is 0 Å². The third-order valence-electron chi connectivity index (χ3n) is 3.19. The summed E-state index contributed by atoms with van der Waals surface area (Å²) in [4.78, 5) is 18.9. The van der Waals surface area contributed by atoms with Crippen molar-refractivity contribution in [2.75, 3.05) is 14.2 Å². The van der Waals surface area contributed by atoms with E-state index in [1.165, 1.54) is 7.11 Å². The molecule has 2 rings (SSSR count). The number of ether oxygens (including phenoxy) is 2. The van der Waals surface area contributed by atoms with Gasteiger partial charge in [-0.2, -0.15) is 4.98 Å². The van der Waals surface area contributed by atoms with E-state index in [4.69, 9.17) is 26.2 Å². The number of halogens is 1. The average Bonchev–Trinajstić information content (AvgIpc) is 2.50. The van der Waals surface area contributed by atoms with Crippen LogP contribution in [-0.2, 0) is 6.42 Å². The molecule has 116 valence electrons. The number of aromatic nitrogens is 2. The van der Waals surface area contributed by atoms with E-state index in [9.17, 15) is 4.79 Å². The van der Waals surface area contributed by atoms with Crippen molar-refractivity contribution in [3.63, 3.8) is 0 Å². The highest BCUT2D eigenvalue weighted by molar-refractivity contribution is 6.31. The summed E-state index contributed by atoms with van der Waals surface area (Å²) in [6, 6.07) is 5.35. The van der Waals surface area contributed by atoms with E-state index in [1.54, 1.807) is 26.2 Å². The fourth-order valence-corrected chi connectivity index (χ4v) is 2.26. The minimum atomic E-state index is -1.20. The maximum Gasteiger partial charge on any atom is 0.374 e. The van der Waals surface area contributed by atoms with Crippen LogP contribution in [0.25, 0.3) is 0 Å². The fraction of sp³-hybridized carbons (Fsp3) is 0.267. The van der Waals surface area contributed by atoms with Crippen molar-refractivity contribution in [2.24, 2.45) is 0 Å². The number of aromatic carboxylic acids is 1. The molecule has 0 fully saturated rings. The summed E-state index contributed by atoms with van der Waals surface area (Å²) in [5.41, 5.74) is 2.08. The first kappa shape index (κ1) is 16.0. The van der Waals surface area contributed by atoms with Crippen LogP contribution in [0.1, 0.15) is 27.4 Å². The molecule has 1 heterocycles. The number of methoxy groups -OCH3 is 2. The van der Waals surface area contributed by atoms with Crippen LogP contribution in [-0.4, -0.2) is 35.3 Å². The Labute approximate surface area is 132 Å². The summed E-state index contributed by atoms with van der Waals surface area (Å²) in [7, 11) is 3.00. The molecular formula is C15H15ClN2O4. The van der Waals surface area contributed by atoms with Gasteiger partial charge in [-0.3, -0.25) is 0 Å². The molecule has 0 atom stereocenters. The molecule has 0 bridgehead atoms. The Kier molecular flexibility index (Phi) is 4.82. The number of aryl methyl sites for hydroxylation is 1. The molecule has 0 aliphatic heterocycles. The Hall–Kier alpha value is -2.34. The van der Waals surface area contributed by atoms with Gasteiger partial charge in [0.2, 0.25) is 11.7 Å². The quantitative estimate of drug-likeness (QED) is 0.911. The van der Waals surface area contributed by atoms with Gasteiger partial charge in [0.1, 0.15) is 5.75 Å². The van der Waals surface area contributed by atoms with E-state index in [2.05, 4.69) is 9.97 Å². The Balaban J connectivity index is 2.43. The molecule has 0 saturated heterocycles. The first-order chi connectivity index (χ1) is 10.5. The zero-order chi connectivity index (χ0) is 16.3. The highest BCUT2D eigenvalue weighted by Gasteiger charge is 2.17. The average molecular weight is 323 g/mol. The molecule has 0 aliphatic carbocycles. The Morgan fingerprint density at radius 1 is 1.27 bits per heavy atom. The first-order valence-electron chi connectivity index (χ1n) is 6.43. The molecule has 0 saturated carbocycles. The second kappa shape index (κ2) is 6.62. The van der Waals surface area contributed by atoms with Gasteiger partial charge >= 0.3 is 5.97 Å². The third-order valence-corrected chi connectivity index (χ3v) is 3.54. The van der Waals surface area contributed by atoms with Gasteiger partial charge in [0.25, 0.3) is 0 Å². The van der Waals surface area contributed by atoms with Crippen molar-refractivity contribution in [2.45, 2.75) is 13.3 Å². The van der Waals surface area contributed by atoms with E-state index >= 15 is 0 Å².